The molecule has 180 valence electrons. The highest BCUT2D eigenvalue weighted by atomic mass is 32.1. The Labute approximate surface area is 199 Å². The smallest absolute Gasteiger partial charge is 0.341 e. The van der Waals surface area contributed by atoms with E-state index in [0.717, 1.165) is 42.5 Å². The highest BCUT2D eigenvalue weighted by molar-refractivity contribution is 7.17. The number of nitro groups is 1. The summed E-state index contributed by atoms with van der Waals surface area (Å²) in [5.74, 6) is -0.852. The lowest BCUT2D eigenvalue weighted by Crippen LogP contribution is -2.17. The van der Waals surface area contributed by atoms with Gasteiger partial charge in [-0.3, -0.25) is 19.6 Å². The van der Waals surface area contributed by atoms with Crippen molar-refractivity contribution in [1.82, 2.24) is 19.6 Å². The van der Waals surface area contributed by atoms with E-state index >= 15 is 0 Å². The zero-order chi connectivity index (χ0) is 24.4. The zero-order valence-electron chi connectivity index (χ0n) is 19.3. The van der Waals surface area contributed by atoms with Gasteiger partial charge >= 0.3 is 11.7 Å². The summed E-state index contributed by atoms with van der Waals surface area (Å²) < 4.78 is 8.33. The van der Waals surface area contributed by atoms with Gasteiger partial charge < -0.3 is 10.1 Å². The van der Waals surface area contributed by atoms with Crippen molar-refractivity contribution in [2.75, 3.05) is 11.9 Å². The van der Waals surface area contributed by atoms with Crippen LogP contribution in [0.2, 0.25) is 0 Å². The fourth-order valence-electron chi connectivity index (χ4n) is 4.09. The summed E-state index contributed by atoms with van der Waals surface area (Å²) in [6.07, 6.45) is 6.05. The number of fused-ring (bicyclic) bond motifs is 1. The molecule has 0 aromatic carbocycles. The number of aromatic nitrogens is 4. The van der Waals surface area contributed by atoms with Gasteiger partial charge in [0, 0.05) is 11.1 Å². The number of thiophene rings is 1. The second-order valence-electron chi connectivity index (χ2n) is 8.16. The molecular weight excluding hydrogens is 460 g/mol. The predicted octanol–water partition coefficient (Wildman–Crippen LogP) is 3.87. The highest BCUT2D eigenvalue weighted by Crippen LogP contribution is 2.38. The summed E-state index contributed by atoms with van der Waals surface area (Å²) in [6.45, 7) is 5.57. The molecule has 1 aliphatic carbocycles. The van der Waals surface area contributed by atoms with E-state index in [9.17, 15) is 19.7 Å². The Bertz CT molecular complexity index is 1260. The predicted molar refractivity (Wildman–Crippen MR) is 125 cm³/mol. The molecule has 0 fully saturated rings. The number of nitrogens with zero attached hydrogens (tertiary/aromatic N) is 5. The lowest BCUT2D eigenvalue weighted by molar-refractivity contribution is -0.386. The largest absolute Gasteiger partial charge is 0.462 e. The van der Waals surface area contributed by atoms with Crippen LogP contribution in [0.25, 0.3) is 0 Å². The summed E-state index contributed by atoms with van der Waals surface area (Å²) in [5, 5.41) is 23.1. The highest BCUT2D eigenvalue weighted by Gasteiger charge is 2.28. The lowest BCUT2D eigenvalue weighted by Gasteiger charge is -2.12. The Hall–Kier alpha value is -3.54. The maximum atomic E-state index is 13.0. The first kappa shape index (κ1) is 23.6. The van der Waals surface area contributed by atoms with Crippen molar-refractivity contribution >= 4 is 33.9 Å². The molecule has 0 spiro atoms. The minimum absolute atomic E-state index is 0.0331. The number of amides is 1. The Morgan fingerprint density at radius 3 is 2.74 bits per heavy atom. The summed E-state index contributed by atoms with van der Waals surface area (Å²) in [5.41, 5.74) is 2.28. The van der Waals surface area contributed by atoms with Crippen LogP contribution >= 0.6 is 11.3 Å². The van der Waals surface area contributed by atoms with Gasteiger partial charge in [0.25, 0.3) is 5.91 Å². The van der Waals surface area contributed by atoms with Crippen LogP contribution in [0.15, 0.2) is 12.3 Å². The van der Waals surface area contributed by atoms with Crippen LogP contribution in [0.1, 0.15) is 68.9 Å². The van der Waals surface area contributed by atoms with Crippen molar-refractivity contribution in [3.8, 4) is 0 Å². The molecule has 0 aliphatic heterocycles. The van der Waals surface area contributed by atoms with Crippen LogP contribution in [0, 0.1) is 24.0 Å². The van der Waals surface area contributed by atoms with E-state index in [1.54, 1.807) is 26.1 Å². The Morgan fingerprint density at radius 2 is 2.03 bits per heavy atom. The number of rotatable bonds is 8. The number of hydrogen-bond donors (Lipinski definition) is 1. The van der Waals surface area contributed by atoms with Gasteiger partial charge in [0.15, 0.2) is 5.69 Å². The molecule has 4 rings (SSSR count). The first-order valence-electron chi connectivity index (χ1n) is 11.1. The molecule has 1 N–H and O–H groups in total. The molecule has 0 saturated heterocycles. The fourth-order valence-corrected chi connectivity index (χ4v) is 5.36. The Balaban J connectivity index is 1.53. The number of nitrogens with one attached hydrogen (secondary N) is 1. The number of carbonyl (C=O) groups is 2. The van der Waals surface area contributed by atoms with Crippen LogP contribution in [0.5, 0.6) is 0 Å². The molecule has 0 radical (unpaired) electrons. The molecule has 3 aromatic rings. The first-order valence-corrected chi connectivity index (χ1v) is 12.0. The monoisotopic (exact) mass is 486 g/mol. The van der Waals surface area contributed by atoms with Gasteiger partial charge in [0.2, 0.25) is 0 Å². The molecule has 3 heterocycles. The zero-order valence-corrected chi connectivity index (χ0v) is 20.1. The van der Waals surface area contributed by atoms with Crippen molar-refractivity contribution in [3.05, 3.63) is 55.5 Å². The third-order valence-electron chi connectivity index (χ3n) is 5.72. The average molecular weight is 487 g/mol. The van der Waals surface area contributed by atoms with E-state index in [0.29, 0.717) is 28.6 Å². The van der Waals surface area contributed by atoms with Crippen molar-refractivity contribution in [1.29, 1.82) is 0 Å². The number of carbonyl (C=O) groups excluding carboxylic acids is 2. The molecule has 0 atom stereocenters. The summed E-state index contributed by atoms with van der Waals surface area (Å²) in [6, 6.07) is 1.55. The maximum Gasteiger partial charge on any atom is 0.341 e. The number of hydrogen-bond acceptors (Lipinski definition) is 8. The average Bonchev–Trinajstić information content (AvgIpc) is 3.48. The number of esters is 1. The van der Waals surface area contributed by atoms with E-state index < -0.39 is 16.8 Å². The quantitative estimate of drug-likeness (QED) is 0.290. The van der Waals surface area contributed by atoms with E-state index in [4.69, 9.17) is 4.74 Å². The minimum atomic E-state index is -0.458. The van der Waals surface area contributed by atoms with Gasteiger partial charge in [-0.15, -0.1) is 11.3 Å². The number of anilines is 1. The van der Waals surface area contributed by atoms with Crippen molar-refractivity contribution < 1.29 is 19.2 Å². The standard InChI is InChI=1S/C22H26N6O5S/c1-4-11-33-22(30)18-15-7-5-6-8-17(15)34-21(18)23-20(29)16-9-10-26(25-16)12-27-14(3)19(28(31)32)13(2)24-27/h9-10H,4-8,11-12H2,1-3H3,(H,23,29). The maximum absolute atomic E-state index is 13.0. The number of aryl methyl sites for hydroxylation is 2. The lowest BCUT2D eigenvalue weighted by atomic mass is 9.95. The van der Waals surface area contributed by atoms with Gasteiger partial charge in [-0.25, -0.2) is 9.48 Å². The van der Waals surface area contributed by atoms with Crippen LogP contribution in [0.3, 0.4) is 0 Å². The van der Waals surface area contributed by atoms with Gasteiger partial charge in [-0.1, -0.05) is 6.92 Å². The van der Waals surface area contributed by atoms with E-state index in [1.807, 2.05) is 6.92 Å². The number of ether oxygens (including phenoxy) is 1. The van der Waals surface area contributed by atoms with Gasteiger partial charge in [0.05, 0.1) is 17.1 Å². The minimum Gasteiger partial charge on any atom is -0.462 e. The molecule has 0 bridgehead atoms. The summed E-state index contributed by atoms with van der Waals surface area (Å²) in [4.78, 5) is 37.6. The molecule has 0 saturated carbocycles. The van der Waals surface area contributed by atoms with E-state index in [-0.39, 0.29) is 18.1 Å². The SMILES string of the molecule is CCCOC(=O)c1c(NC(=O)c2ccn(Cn3nc(C)c([N+](=O)[O-])c3C)n2)sc2c1CCCC2. The molecule has 1 amide bonds. The molecule has 11 nitrogen and oxygen atoms in total. The van der Waals surface area contributed by atoms with Crippen molar-refractivity contribution in [2.24, 2.45) is 0 Å². The van der Waals surface area contributed by atoms with E-state index in [1.165, 1.54) is 20.7 Å². The second-order valence-corrected chi connectivity index (χ2v) is 9.27. The van der Waals surface area contributed by atoms with Crippen LogP contribution in [-0.2, 0) is 24.2 Å². The molecule has 3 aromatic heterocycles. The Morgan fingerprint density at radius 1 is 1.26 bits per heavy atom. The van der Waals surface area contributed by atoms with Crippen LogP contribution in [0.4, 0.5) is 10.7 Å². The normalized spacial score (nSPS) is 12.9. The van der Waals surface area contributed by atoms with E-state index in [2.05, 4.69) is 15.5 Å². The Kier molecular flexibility index (Phi) is 6.77. The molecule has 1 aliphatic rings. The topological polar surface area (TPSA) is 134 Å². The van der Waals surface area contributed by atoms with Gasteiger partial charge in [-0.05, 0) is 57.6 Å². The van der Waals surface area contributed by atoms with Crippen molar-refractivity contribution in [3.63, 3.8) is 0 Å². The van der Waals surface area contributed by atoms with Gasteiger partial charge in [-0.2, -0.15) is 10.2 Å². The molecule has 0 unspecified atom stereocenters. The summed E-state index contributed by atoms with van der Waals surface area (Å²) >= 11 is 1.42. The third kappa shape index (κ3) is 4.58. The van der Waals surface area contributed by atoms with Crippen molar-refractivity contribution in [2.45, 2.75) is 59.5 Å². The molecular formula is C22H26N6O5S. The second kappa shape index (κ2) is 9.75. The van der Waals surface area contributed by atoms with Crippen LogP contribution in [-0.4, -0.2) is 43.0 Å². The van der Waals surface area contributed by atoms with Gasteiger partial charge in [0.1, 0.15) is 23.1 Å². The molecule has 34 heavy (non-hydrogen) atoms. The fraction of sp³-hybridized carbons (Fsp3) is 0.455. The summed E-state index contributed by atoms with van der Waals surface area (Å²) in [7, 11) is 0. The van der Waals surface area contributed by atoms with Crippen LogP contribution < -0.4 is 5.32 Å². The first-order chi connectivity index (χ1) is 16.3. The third-order valence-corrected chi connectivity index (χ3v) is 6.93. The molecule has 12 heteroatoms.